The average molecular weight is 278 g/mol. The van der Waals surface area contributed by atoms with E-state index in [1.54, 1.807) is 19.1 Å². The van der Waals surface area contributed by atoms with E-state index >= 15 is 0 Å². The topological polar surface area (TPSA) is 42.2 Å². The maximum atomic E-state index is 12.0. The van der Waals surface area contributed by atoms with Crippen LogP contribution in [0.15, 0.2) is 40.8 Å². The summed E-state index contributed by atoms with van der Waals surface area (Å²) in [7, 11) is 0. The van der Waals surface area contributed by atoms with Crippen LogP contribution in [0.5, 0.6) is 0 Å². The lowest BCUT2D eigenvalue weighted by Crippen LogP contribution is -2.10. The van der Waals surface area contributed by atoms with E-state index in [0.29, 0.717) is 5.76 Å². The molecule has 4 heteroatoms. The standard InChI is InChI=1S/C15H16ClNO2/c1-3-11-4-6-12(7-5-11)17-15(18)14-9-8-13(19-14)10(2)16/h4-10H,3H2,1-2H3,(H,17,18). The van der Waals surface area contributed by atoms with E-state index in [4.69, 9.17) is 16.0 Å². The van der Waals surface area contributed by atoms with Gasteiger partial charge in [-0.3, -0.25) is 4.79 Å². The van der Waals surface area contributed by atoms with Crippen LogP contribution in [0.4, 0.5) is 5.69 Å². The molecule has 0 aliphatic heterocycles. The van der Waals surface area contributed by atoms with Crippen molar-refractivity contribution in [2.45, 2.75) is 25.6 Å². The molecule has 0 saturated carbocycles. The van der Waals surface area contributed by atoms with Gasteiger partial charge in [0.1, 0.15) is 5.76 Å². The number of rotatable bonds is 4. The number of nitrogens with one attached hydrogen (secondary N) is 1. The predicted octanol–water partition coefficient (Wildman–Crippen LogP) is 4.39. The number of hydrogen-bond acceptors (Lipinski definition) is 2. The number of halogens is 1. The largest absolute Gasteiger partial charge is 0.454 e. The van der Waals surface area contributed by atoms with Gasteiger partial charge in [-0.2, -0.15) is 0 Å². The van der Waals surface area contributed by atoms with Gasteiger partial charge >= 0.3 is 0 Å². The normalized spacial score (nSPS) is 12.2. The molecule has 0 aliphatic rings. The summed E-state index contributed by atoms with van der Waals surface area (Å²) in [5.74, 6) is 0.586. The molecule has 0 bridgehead atoms. The zero-order valence-electron chi connectivity index (χ0n) is 10.9. The Morgan fingerprint density at radius 2 is 1.95 bits per heavy atom. The Labute approximate surface area is 117 Å². The van der Waals surface area contributed by atoms with E-state index in [2.05, 4.69) is 12.2 Å². The van der Waals surface area contributed by atoms with Crippen molar-refractivity contribution >= 4 is 23.2 Å². The molecule has 100 valence electrons. The van der Waals surface area contributed by atoms with Crippen molar-refractivity contribution in [1.82, 2.24) is 0 Å². The molecule has 1 unspecified atom stereocenters. The number of furan rings is 1. The smallest absolute Gasteiger partial charge is 0.291 e. The SMILES string of the molecule is CCc1ccc(NC(=O)c2ccc(C(C)Cl)o2)cc1. The fourth-order valence-corrected chi connectivity index (χ4v) is 1.82. The van der Waals surface area contributed by atoms with Crippen LogP contribution >= 0.6 is 11.6 Å². The highest BCUT2D eigenvalue weighted by atomic mass is 35.5. The molecule has 0 spiro atoms. The van der Waals surface area contributed by atoms with Gasteiger partial charge in [0.05, 0.1) is 5.38 Å². The molecule has 0 fully saturated rings. The van der Waals surface area contributed by atoms with Crippen molar-refractivity contribution < 1.29 is 9.21 Å². The van der Waals surface area contributed by atoms with Crippen LogP contribution in [0.1, 0.15) is 41.1 Å². The van der Waals surface area contributed by atoms with E-state index in [-0.39, 0.29) is 17.0 Å². The Hall–Kier alpha value is -1.74. The maximum absolute atomic E-state index is 12.0. The minimum absolute atomic E-state index is 0.245. The zero-order valence-corrected chi connectivity index (χ0v) is 11.7. The molecule has 19 heavy (non-hydrogen) atoms. The quantitative estimate of drug-likeness (QED) is 0.842. The fourth-order valence-electron chi connectivity index (χ4n) is 1.71. The van der Waals surface area contributed by atoms with Gasteiger partial charge < -0.3 is 9.73 Å². The fraction of sp³-hybridized carbons (Fsp3) is 0.267. The first-order valence-corrected chi connectivity index (χ1v) is 6.68. The van der Waals surface area contributed by atoms with Crippen LogP contribution in [0.3, 0.4) is 0 Å². The number of benzene rings is 1. The van der Waals surface area contributed by atoms with Crippen molar-refractivity contribution in [2.75, 3.05) is 5.32 Å². The lowest BCUT2D eigenvalue weighted by Gasteiger charge is -2.04. The number of alkyl halides is 1. The molecule has 1 N–H and O–H groups in total. The summed E-state index contributed by atoms with van der Waals surface area (Å²) in [5, 5.41) is 2.54. The summed E-state index contributed by atoms with van der Waals surface area (Å²) in [4.78, 5) is 12.0. The lowest BCUT2D eigenvalue weighted by atomic mass is 10.1. The van der Waals surface area contributed by atoms with Crippen molar-refractivity contribution in [3.8, 4) is 0 Å². The third-order valence-corrected chi connectivity index (χ3v) is 3.08. The Bertz CT molecular complexity index is 558. The molecule has 1 amide bonds. The summed E-state index contributed by atoms with van der Waals surface area (Å²) < 4.78 is 5.38. The lowest BCUT2D eigenvalue weighted by molar-refractivity contribution is 0.0995. The van der Waals surface area contributed by atoms with Crippen molar-refractivity contribution in [3.63, 3.8) is 0 Å². The Morgan fingerprint density at radius 3 is 2.47 bits per heavy atom. The highest BCUT2D eigenvalue weighted by Crippen LogP contribution is 2.22. The Balaban J connectivity index is 2.06. The first-order valence-electron chi connectivity index (χ1n) is 6.24. The Morgan fingerprint density at radius 1 is 1.26 bits per heavy atom. The molecule has 0 aliphatic carbocycles. The van der Waals surface area contributed by atoms with Crippen LogP contribution in [0.2, 0.25) is 0 Å². The highest BCUT2D eigenvalue weighted by molar-refractivity contribution is 6.20. The second kappa shape index (κ2) is 5.93. The summed E-state index contributed by atoms with van der Waals surface area (Å²) in [5.41, 5.74) is 1.98. The number of hydrogen-bond donors (Lipinski definition) is 1. The monoisotopic (exact) mass is 277 g/mol. The minimum atomic E-state index is -0.271. The number of carbonyl (C=O) groups is 1. The Kier molecular flexibility index (Phi) is 4.27. The molecule has 1 atom stereocenters. The van der Waals surface area contributed by atoms with E-state index in [1.807, 2.05) is 24.3 Å². The molecular weight excluding hydrogens is 262 g/mol. The van der Waals surface area contributed by atoms with Crippen LogP contribution in [0, 0.1) is 0 Å². The first kappa shape index (κ1) is 13.7. The number of anilines is 1. The van der Waals surface area contributed by atoms with E-state index in [9.17, 15) is 4.79 Å². The van der Waals surface area contributed by atoms with Crippen LogP contribution in [-0.2, 0) is 6.42 Å². The summed E-state index contributed by atoms with van der Waals surface area (Å²) >= 11 is 5.89. The van der Waals surface area contributed by atoms with Gasteiger partial charge in [-0.15, -0.1) is 11.6 Å². The van der Waals surface area contributed by atoms with Gasteiger partial charge in [-0.25, -0.2) is 0 Å². The van der Waals surface area contributed by atoms with Gasteiger partial charge in [0.25, 0.3) is 5.91 Å². The number of amides is 1. The van der Waals surface area contributed by atoms with Crippen LogP contribution in [0.25, 0.3) is 0 Å². The molecule has 2 rings (SSSR count). The summed E-state index contributed by atoms with van der Waals surface area (Å²) in [6.45, 7) is 3.89. The molecule has 0 saturated heterocycles. The average Bonchev–Trinajstić information content (AvgIpc) is 2.89. The first-order chi connectivity index (χ1) is 9.10. The van der Waals surface area contributed by atoms with E-state index in [1.165, 1.54) is 5.56 Å². The van der Waals surface area contributed by atoms with Crippen molar-refractivity contribution in [3.05, 3.63) is 53.5 Å². The molecule has 0 radical (unpaired) electrons. The second-order valence-corrected chi connectivity index (χ2v) is 4.98. The van der Waals surface area contributed by atoms with Crippen LogP contribution in [-0.4, -0.2) is 5.91 Å². The van der Waals surface area contributed by atoms with Gasteiger partial charge in [0.2, 0.25) is 0 Å². The summed E-state index contributed by atoms with van der Waals surface area (Å²) in [6, 6.07) is 11.1. The summed E-state index contributed by atoms with van der Waals surface area (Å²) in [6.07, 6.45) is 0.976. The molecule has 1 heterocycles. The molecule has 1 aromatic heterocycles. The number of aryl methyl sites for hydroxylation is 1. The van der Waals surface area contributed by atoms with Gasteiger partial charge in [0.15, 0.2) is 5.76 Å². The van der Waals surface area contributed by atoms with Crippen molar-refractivity contribution in [1.29, 1.82) is 0 Å². The zero-order chi connectivity index (χ0) is 13.8. The van der Waals surface area contributed by atoms with E-state index < -0.39 is 0 Å². The molecule has 1 aromatic carbocycles. The number of carbonyl (C=O) groups excluding carboxylic acids is 1. The predicted molar refractivity (Wildman–Crippen MR) is 76.7 cm³/mol. The molecular formula is C15H16ClNO2. The van der Waals surface area contributed by atoms with Gasteiger partial charge in [0, 0.05) is 5.69 Å². The molecule has 3 nitrogen and oxygen atoms in total. The molecule has 2 aromatic rings. The van der Waals surface area contributed by atoms with Crippen molar-refractivity contribution in [2.24, 2.45) is 0 Å². The second-order valence-electron chi connectivity index (χ2n) is 4.32. The van der Waals surface area contributed by atoms with Gasteiger partial charge in [-0.05, 0) is 43.2 Å². The third-order valence-electron chi connectivity index (χ3n) is 2.86. The van der Waals surface area contributed by atoms with E-state index in [0.717, 1.165) is 12.1 Å². The highest BCUT2D eigenvalue weighted by Gasteiger charge is 2.13. The van der Waals surface area contributed by atoms with Crippen LogP contribution < -0.4 is 5.32 Å². The maximum Gasteiger partial charge on any atom is 0.291 e. The minimum Gasteiger partial charge on any atom is -0.454 e. The van der Waals surface area contributed by atoms with Gasteiger partial charge in [-0.1, -0.05) is 19.1 Å². The third kappa shape index (κ3) is 3.38.